The second kappa shape index (κ2) is 7.66. The van der Waals surface area contributed by atoms with Crippen LogP contribution in [-0.4, -0.2) is 19.1 Å². The van der Waals surface area contributed by atoms with Crippen molar-refractivity contribution >= 4 is 0 Å². The van der Waals surface area contributed by atoms with Gasteiger partial charge in [0, 0.05) is 12.6 Å². The van der Waals surface area contributed by atoms with Crippen molar-refractivity contribution in [2.24, 2.45) is 0 Å². The maximum Gasteiger partial charge on any atom is 0.0205 e. The second-order valence-electron chi connectivity index (χ2n) is 6.01. The summed E-state index contributed by atoms with van der Waals surface area (Å²) in [7, 11) is 0. The fraction of sp³-hybridized carbons (Fsp3) is 0.647. The zero-order chi connectivity index (χ0) is 13.5. The molecule has 0 saturated carbocycles. The summed E-state index contributed by atoms with van der Waals surface area (Å²) >= 11 is 0. The van der Waals surface area contributed by atoms with E-state index in [2.05, 4.69) is 48.7 Å². The molecule has 1 aromatic rings. The van der Waals surface area contributed by atoms with E-state index in [1.54, 1.807) is 0 Å². The van der Waals surface area contributed by atoms with Crippen LogP contribution in [0.2, 0.25) is 0 Å². The molecular formula is C17H28N2. The van der Waals surface area contributed by atoms with Gasteiger partial charge in [0.25, 0.3) is 0 Å². The van der Waals surface area contributed by atoms with Crippen molar-refractivity contribution in [1.29, 1.82) is 0 Å². The molecule has 0 spiro atoms. The van der Waals surface area contributed by atoms with Gasteiger partial charge in [0.15, 0.2) is 0 Å². The van der Waals surface area contributed by atoms with E-state index in [-0.39, 0.29) is 0 Å². The van der Waals surface area contributed by atoms with E-state index in [0.717, 1.165) is 19.1 Å². The fourth-order valence-corrected chi connectivity index (χ4v) is 2.70. The van der Waals surface area contributed by atoms with Gasteiger partial charge < -0.3 is 10.6 Å². The maximum absolute atomic E-state index is 3.60. The first-order chi connectivity index (χ1) is 9.25. The molecule has 1 aliphatic heterocycles. The highest BCUT2D eigenvalue weighted by Crippen LogP contribution is 2.14. The zero-order valence-electron chi connectivity index (χ0n) is 12.4. The van der Waals surface area contributed by atoms with E-state index in [0.29, 0.717) is 5.92 Å². The van der Waals surface area contributed by atoms with E-state index in [9.17, 15) is 0 Å². The summed E-state index contributed by atoms with van der Waals surface area (Å²) in [6.07, 6.45) is 5.36. The molecular weight excluding hydrogens is 232 g/mol. The number of rotatable bonds is 6. The van der Waals surface area contributed by atoms with E-state index < -0.39 is 0 Å². The molecule has 1 unspecified atom stereocenters. The van der Waals surface area contributed by atoms with Crippen LogP contribution in [0.15, 0.2) is 24.3 Å². The summed E-state index contributed by atoms with van der Waals surface area (Å²) in [5, 5.41) is 7.16. The Morgan fingerprint density at radius 1 is 1.21 bits per heavy atom. The standard InChI is InChI=1S/C17H28N2/c1-14(2)16-8-6-15(7-9-16)13-18-12-10-17-5-3-4-11-19-17/h6-9,14,17-19H,3-5,10-13H2,1-2H3. The molecule has 2 heteroatoms. The number of hydrogen-bond donors (Lipinski definition) is 2. The van der Waals surface area contributed by atoms with Gasteiger partial charge in [-0.05, 0) is 49.4 Å². The van der Waals surface area contributed by atoms with Gasteiger partial charge in [-0.3, -0.25) is 0 Å². The van der Waals surface area contributed by atoms with Crippen molar-refractivity contribution in [1.82, 2.24) is 10.6 Å². The van der Waals surface area contributed by atoms with E-state index in [1.807, 2.05) is 0 Å². The van der Waals surface area contributed by atoms with Crippen molar-refractivity contribution in [3.63, 3.8) is 0 Å². The molecule has 1 fully saturated rings. The summed E-state index contributed by atoms with van der Waals surface area (Å²) in [6.45, 7) is 7.80. The van der Waals surface area contributed by atoms with Gasteiger partial charge in [-0.2, -0.15) is 0 Å². The predicted octanol–water partition coefficient (Wildman–Crippen LogP) is 3.43. The highest BCUT2D eigenvalue weighted by atomic mass is 14.9. The lowest BCUT2D eigenvalue weighted by atomic mass is 10.0. The highest BCUT2D eigenvalue weighted by molar-refractivity contribution is 5.24. The van der Waals surface area contributed by atoms with Gasteiger partial charge in [0.2, 0.25) is 0 Å². The Kier molecular flexibility index (Phi) is 5.87. The Labute approximate surface area is 118 Å². The van der Waals surface area contributed by atoms with Crippen molar-refractivity contribution in [2.45, 2.75) is 58.0 Å². The van der Waals surface area contributed by atoms with E-state index in [1.165, 1.54) is 43.4 Å². The molecule has 0 aliphatic carbocycles. The van der Waals surface area contributed by atoms with Crippen molar-refractivity contribution in [3.8, 4) is 0 Å². The van der Waals surface area contributed by atoms with Gasteiger partial charge in [0.1, 0.15) is 0 Å². The SMILES string of the molecule is CC(C)c1ccc(CNCCC2CCCCN2)cc1. The molecule has 0 bridgehead atoms. The van der Waals surface area contributed by atoms with E-state index in [4.69, 9.17) is 0 Å². The summed E-state index contributed by atoms with van der Waals surface area (Å²) in [5.41, 5.74) is 2.82. The topological polar surface area (TPSA) is 24.1 Å². The van der Waals surface area contributed by atoms with Gasteiger partial charge >= 0.3 is 0 Å². The quantitative estimate of drug-likeness (QED) is 0.766. The molecule has 1 saturated heterocycles. The minimum Gasteiger partial charge on any atom is -0.314 e. The Morgan fingerprint density at radius 3 is 2.63 bits per heavy atom. The van der Waals surface area contributed by atoms with Crippen molar-refractivity contribution in [2.75, 3.05) is 13.1 Å². The average molecular weight is 260 g/mol. The lowest BCUT2D eigenvalue weighted by molar-refractivity contribution is 0.376. The van der Waals surface area contributed by atoms with Crippen LogP contribution >= 0.6 is 0 Å². The number of benzene rings is 1. The Bertz CT molecular complexity index is 350. The zero-order valence-corrected chi connectivity index (χ0v) is 12.4. The van der Waals surface area contributed by atoms with Gasteiger partial charge in [-0.25, -0.2) is 0 Å². The summed E-state index contributed by atoms with van der Waals surface area (Å²) in [6, 6.07) is 9.75. The Balaban J connectivity index is 1.64. The molecule has 0 aromatic heterocycles. The van der Waals surface area contributed by atoms with Crippen LogP contribution in [0.25, 0.3) is 0 Å². The highest BCUT2D eigenvalue weighted by Gasteiger charge is 2.11. The molecule has 2 N–H and O–H groups in total. The molecule has 2 rings (SSSR count). The normalized spacial score (nSPS) is 19.8. The molecule has 0 radical (unpaired) electrons. The van der Waals surface area contributed by atoms with Crippen LogP contribution in [0.1, 0.15) is 56.6 Å². The number of hydrogen-bond acceptors (Lipinski definition) is 2. The monoisotopic (exact) mass is 260 g/mol. The predicted molar refractivity (Wildman–Crippen MR) is 82.5 cm³/mol. The van der Waals surface area contributed by atoms with Crippen molar-refractivity contribution < 1.29 is 0 Å². The molecule has 1 aliphatic rings. The van der Waals surface area contributed by atoms with Gasteiger partial charge in [-0.15, -0.1) is 0 Å². The molecule has 106 valence electrons. The first kappa shape index (κ1) is 14.5. The molecule has 1 atom stereocenters. The molecule has 1 heterocycles. The minimum atomic E-state index is 0.624. The second-order valence-corrected chi connectivity index (χ2v) is 6.01. The largest absolute Gasteiger partial charge is 0.314 e. The lowest BCUT2D eigenvalue weighted by Crippen LogP contribution is -2.36. The van der Waals surface area contributed by atoms with Crippen LogP contribution in [0, 0.1) is 0 Å². The van der Waals surface area contributed by atoms with Gasteiger partial charge in [0.05, 0.1) is 0 Å². The summed E-state index contributed by atoms with van der Waals surface area (Å²) < 4.78 is 0. The van der Waals surface area contributed by atoms with Crippen LogP contribution in [-0.2, 0) is 6.54 Å². The molecule has 0 amide bonds. The smallest absolute Gasteiger partial charge is 0.0205 e. The van der Waals surface area contributed by atoms with Crippen LogP contribution in [0.4, 0.5) is 0 Å². The fourth-order valence-electron chi connectivity index (χ4n) is 2.70. The third kappa shape index (κ3) is 4.96. The summed E-state index contributed by atoms with van der Waals surface area (Å²) in [5.74, 6) is 0.624. The third-order valence-corrected chi connectivity index (χ3v) is 4.06. The van der Waals surface area contributed by atoms with Crippen LogP contribution in [0.3, 0.4) is 0 Å². The number of piperidine rings is 1. The minimum absolute atomic E-state index is 0.624. The van der Waals surface area contributed by atoms with Gasteiger partial charge in [-0.1, -0.05) is 44.5 Å². The average Bonchev–Trinajstić information content (AvgIpc) is 2.45. The van der Waals surface area contributed by atoms with Crippen LogP contribution in [0.5, 0.6) is 0 Å². The van der Waals surface area contributed by atoms with E-state index >= 15 is 0 Å². The summed E-state index contributed by atoms with van der Waals surface area (Å²) in [4.78, 5) is 0. The molecule has 2 nitrogen and oxygen atoms in total. The first-order valence-corrected chi connectivity index (χ1v) is 7.78. The Morgan fingerprint density at radius 2 is 2.00 bits per heavy atom. The molecule has 1 aromatic carbocycles. The maximum atomic E-state index is 3.60. The Hall–Kier alpha value is -0.860. The first-order valence-electron chi connectivity index (χ1n) is 7.78. The number of nitrogens with one attached hydrogen (secondary N) is 2. The molecule has 19 heavy (non-hydrogen) atoms. The van der Waals surface area contributed by atoms with Crippen molar-refractivity contribution in [3.05, 3.63) is 35.4 Å². The third-order valence-electron chi connectivity index (χ3n) is 4.06. The van der Waals surface area contributed by atoms with Crippen LogP contribution < -0.4 is 10.6 Å². The lowest BCUT2D eigenvalue weighted by Gasteiger charge is -2.23.